The molecule has 2 bridgehead atoms. The number of carbonyl (C=O) groups excluding carboxylic acids is 1. The number of hydrogen-bond donors (Lipinski definition) is 1. The Morgan fingerprint density at radius 3 is 2.54 bits per heavy atom. The van der Waals surface area contributed by atoms with Gasteiger partial charge in [-0.2, -0.15) is 0 Å². The number of amides is 1. The van der Waals surface area contributed by atoms with E-state index in [1.54, 1.807) is 13.0 Å². The van der Waals surface area contributed by atoms with Crippen molar-refractivity contribution in [1.29, 1.82) is 0 Å². The van der Waals surface area contributed by atoms with E-state index in [4.69, 9.17) is 21.1 Å². The van der Waals surface area contributed by atoms with Gasteiger partial charge in [0.15, 0.2) is 0 Å². The molecule has 1 amide bonds. The Morgan fingerprint density at radius 1 is 1.02 bits per heavy atom. The van der Waals surface area contributed by atoms with Gasteiger partial charge in [-0.05, 0) is 125 Å². The number of fused-ring (bicyclic) bond motifs is 3. The number of aryl methyl sites for hydroxylation is 1. The van der Waals surface area contributed by atoms with Crippen molar-refractivity contribution in [3.05, 3.63) is 70.3 Å². The van der Waals surface area contributed by atoms with E-state index in [9.17, 15) is 13.2 Å². The molecule has 6 atom stereocenters. The van der Waals surface area contributed by atoms with Gasteiger partial charge in [0.05, 0.1) is 10.9 Å². The molecule has 52 heavy (non-hydrogen) atoms. The van der Waals surface area contributed by atoms with Crippen LogP contribution in [0.25, 0.3) is 0 Å². The van der Waals surface area contributed by atoms with Crippen LogP contribution in [0.15, 0.2) is 48.6 Å². The molecule has 0 radical (unpaired) electrons. The number of anilines is 1. The lowest BCUT2D eigenvalue weighted by atomic mass is 9.63. The summed E-state index contributed by atoms with van der Waals surface area (Å²) in [5.41, 5.74) is 2.88. The summed E-state index contributed by atoms with van der Waals surface area (Å²) in [5, 5.41) is -0.0574. The molecule has 1 N–H and O–H groups in total. The topological polar surface area (TPSA) is 91.4 Å². The zero-order valence-corrected chi connectivity index (χ0v) is 33.5. The van der Waals surface area contributed by atoms with E-state index in [-0.39, 0.29) is 11.8 Å². The van der Waals surface area contributed by atoms with Crippen molar-refractivity contribution in [2.24, 2.45) is 17.8 Å². The molecule has 1 saturated carbocycles. The number of carbonyl (C=O) groups is 1. The summed E-state index contributed by atoms with van der Waals surface area (Å²) in [7, 11) is -2.10. The summed E-state index contributed by atoms with van der Waals surface area (Å²) in [6, 6.07) is 12.3. The Hall–Kier alpha value is -2.63. The minimum absolute atomic E-state index is 0.218. The van der Waals surface area contributed by atoms with E-state index in [1.807, 2.05) is 44.4 Å². The summed E-state index contributed by atoms with van der Waals surface area (Å²) in [4.78, 5) is 21.1. The Bertz CT molecular complexity index is 1720. The maximum absolute atomic E-state index is 13.6. The monoisotopic (exact) mass is 754 g/mol. The van der Waals surface area contributed by atoms with E-state index in [0.717, 1.165) is 87.6 Å². The van der Waals surface area contributed by atoms with Gasteiger partial charge >= 0.3 is 0 Å². The molecule has 4 aliphatic rings. The maximum atomic E-state index is 13.6. The first kappa shape index (κ1) is 39.1. The molecule has 6 rings (SSSR count). The van der Waals surface area contributed by atoms with Crippen LogP contribution >= 0.6 is 11.6 Å². The van der Waals surface area contributed by atoms with E-state index >= 15 is 0 Å². The van der Waals surface area contributed by atoms with E-state index in [1.165, 1.54) is 5.56 Å². The number of benzene rings is 2. The Balaban J connectivity index is 1.38. The predicted octanol–water partition coefficient (Wildman–Crippen LogP) is 6.93. The lowest BCUT2D eigenvalue weighted by molar-refractivity contribution is -0.0992. The van der Waals surface area contributed by atoms with Crippen LogP contribution in [0, 0.1) is 17.8 Å². The van der Waals surface area contributed by atoms with Crippen molar-refractivity contribution < 1.29 is 22.7 Å². The molecule has 2 aromatic carbocycles. The number of sulfonamides is 1. The first-order valence-corrected chi connectivity index (χ1v) is 21.3. The smallest absolute Gasteiger partial charge is 0.264 e. The first-order chi connectivity index (χ1) is 24.8. The van der Waals surface area contributed by atoms with Crippen molar-refractivity contribution in [2.75, 3.05) is 51.3 Å². The minimum atomic E-state index is -3.95. The predicted molar refractivity (Wildman–Crippen MR) is 210 cm³/mol. The average Bonchev–Trinajstić information content (AvgIpc) is 3.12. The lowest BCUT2D eigenvalue weighted by Crippen LogP contribution is -2.60. The van der Waals surface area contributed by atoms with Gasteiger partial charge in [-0.25, -0.2) is 13.1 Å². The van der Waals surface area contributed by atoms with Gasteiger partial charge in [0.2, 0.25) is 10.0 Å². The van der Waals surface area contributed by atoms with Crippen LogP contribution in [0.2, 0.25) is 5.02 Å². The molecule has 0 unspecified atom stereocenters. The molecule has 3 heterocycles. The van der Waals surface area contributed by atoms with Gasteiger partial charge in [0.25, 0.3) is 5.91 Å². The third kappa shape index (κ3) is 8.51. The summed E-state index contributed by atoms with van der Waals surface area (Å²) in [6.45, 7) is 16.2. The number of piperazine rings is 1. The van der Waals surface area contributed by atoms with Crippen molar-refractivity contribution in [2.45, 2.75) is 103 Å². The highest BCUT2D eigenvalue weighted by Gasteiger charge is 2.48. The molecule has 11 heteroatoms. The van der Waals surface area contributed by atoms with Crippen molar-refractivity contribution in [3.8, 4) is 5.75 Å². The molecule has 0 aromatic heterocycles. The molecular weight excluding hydrogens is 696 g/mol. The number of ether oxygens (including phenoxy) is 2. The second-order valence-corrected chi connectivity index (χ2v) is 18.6. The van der Waals surface area contributed by atoms with Crippen LogP contribution in [0.5, 0.6) is 5.75 Å². The summed E-state index contributed by atoms with van der Waals surface area (Å²) >= 11 is 6.41. The third-order valence-electron chi connectivity index (χ3n) is 12.4. The van der Waals surface area contributed by atoms with Crippen molar-refractivity contribution in [3.63, 3.8) is 0 Å². The van der Waals surface area contributed by atoms with Gasteiger partial charge in [-0.1, -0.05) is 36.7 Å². The molecule has 2 fully saturated rings. The minimum Gasteiger partial charge on any atom is -0.487 e. The third-order valence-corrected chi connectivity index (χ3v) is 14.6. The number of nitrogens with one attached hydrogen (secondary N) is 1. The Labute approximate surface area is 317 Å². The molecular formula is C41H59ClN4O5S. The van der Waals surface area contributed by atoms with Gasteiger partial charge in [0.1, 0.15) is 18.0 Å². The van der Waals surface area contributed by atoms with Crippen LogP contribution in [0.4, 0.5) is 5.69 Å². The summed E-state index contributed by atoms with van der Waals surface area (Å²) in [6.07, 6.45) is 9.92. The van der Waals surface area contributed by atoms with Crippen molar-refractivity contribution >= 4 is 33.2 Å². The zero-order valence-electron chi connectivity index (χ0n) is 31.9. The van der Waals surface area contributed by atoms with Gasteiger partial charge in [-0.3, -0.25) is 14.6 Å². The number of hydrogen-bond acceptors (Lipinski definition) is 8. The normalized spacial score (nSPS) is 31.3. The molecule has 3 aliphatic heterocycles. The fourth-order valence-corrected chi connectivity index (χ4v) is 10.4. The quantitative estimate of drug-likeness (QED) is 0.337. The number of rotatable bonds is 4. The average molecular weight is 755 g/mol. The molecule has 1 saturated heterocycles. The second kappa shape index (κ2) is 16.4. The van der Waals surface area contributed by atoms with Crippen LogP contribution in [-0.4, -0.2) is 93.4 Å². The highest BCUT2D eigenvalue weighted by molar-refractivity contribution is 7.90. The molecule has 9 nitrogen and oxygen atoms in total. The van der Waals surface area contributed by atoms with Crippen LogP contribution in [-0.2, 0) is 27.8 Å². The van der Waals surface area contributed by atoms with E-state index in [2.05, 4.69) is 52.3 Å². The Morgan fingerprint density at radius 2 is 1.83 bits per heavy atom. The first-order valence-electron chi connectivity index (χ1n) is 19.4. The molecule has 1 aliphatic carbocycles. The molecule has 2 aromatic rings. The fraction of sp³-hybridized carbons (Fsp3) is 0.634. The molecule has 0 spiro atoms. The van der Waals surface area contributed by atoms with Gasteiger partial charge in [0, 0.05) is 69.0 Å². The number of nitrogens with zero attached hydrogens (tertiary/aromatic N) is 3. The standard InChI is InChI=1S/C41H59ClN4O5S/c1-28(2)46-21-20-44(24-30(46)4)27-41(50-6)18-9-10-29(3)31(5)52(48,49)43-40(47)33-14-17-39-38(23-33)45(25-34-13-16-37(34)41)19-8-7-11-32-22-36(42)15-12-35(32)26-51-39/h9,12,14-15,17-18,22-23,28-31,34,37H,7-8,10-11,13,16,19-21,24-27H2,1-6H3,(H,43,47)/b18-9+/t29-,30-,31+,34-,37+,41-/m0/s1. The number of allylic oxidation sites excluding steroid dienone is 1. The van der Waals surface area contributed by atoms with Crippen molar-refractivity contribution in [1.82, 2.24) is 14.5 Å². The maximum Gasteiger partial charge on any atom is 0.264 e. The van der Waals surface area contributed by atoms with Gasteiger partial charge in [-0.15, -0.1) is 0 Å². The zero-order chi connectivity index (χ0) is 37.2. The fourth-order valence-electron chi connectivity index (χ4n) is 8.94. The highest BCUT2D eigenvalue weighted by Crippen LogP contribution is 2.47. The van der Waals surface area contributed by atoms with Crippen LogP contribution in [0.1, 0.15) is 88.2 Å². The number of halogens is 1. The van der Waals surface area contributed by atoms with E-state index in [0.29, 0.717) is 42.3 Å². The number of methoxy groups -OCH3 is 1. The highest BCUT2D eigenvalue weighted by atomic mass is 35.5. The Kier molecular flexibility index (Phi) is 12.3. The lowest BCUT2D eigenvalue weighted by Gasteiger charge is -2.52. The SMILES string of the molecule is CO[C@]1(CN2CCN(C(C)C)[C@@H](C)C2)/C=C/C[C@H](C)[C@@H](C)S(=O)(=O)NC(=O)c2ccc3c(c2)N(CCCCc2cc(Cl)ccc2CO3)C[C@@H]2CC[C@H]21. The second-order valence-electron chi connectivity index (χ2n) is 16.1. The van der Waals surface area contributed by atoms with Gasteiger partial charge < -0.3 is 14.4 Å². The molecule has 286 valence electrons. The van der Waals surface area contributed by atoms with Crippen LogP contribution < -0.4 is 14.4 Å². The largest absolute Gasteiger partial charge is 0.487 e. The van der Waals surface area contributed by atoms with E-state index < -0.39 is 26.8 Å². The summed E-state index contributed by atoms with van der Waals surface area (Å²) < 4.78 is 42.8. The summed E-state index contributed by atoms with van der Waals surface area (Å²) in [5.74, 6) is 0.471. The van der Waals surface area contributed by atoms with Crippen LogP contribution in [0.3, 0.4) is 0 Å².